The zero-order valence-electron chi connectivity index (χ0n) is 17.0. The molecule has 0 aliphatic rings. The first-order valence-electron chi connectivity index (χ1n) is 10.0. The van der Waals surface area contributed by atoms with E-state index in [1.807, 2.05) is 0 Å². The number of aromatic amines is 1. The Labute approximate surface area is 167 Å². The van der Waals surface area contributed by atoms with Crippen molar-refractivity contribution >= 4 is 16.8 Å². The first-order chi connectivity index (χ1) is 13.6. The number of hydrogen-bond acceptors (Lipinski definition) is 2. The number of aromatic nitrogens is 1. The fraction of sp³-hybridized carbons (Fsp3) is 0.375. The van der Waals surface area contributed by atoms with Crippen LogP contribution in [0.1, 0.15) is 47.9 Å². The number of ether oxygens (including phenoxy) is 1. The lowest BCUT2D eigenvalue weighted by molar-refractivity contribution is -0.121. The molecule has 1 unspecified atom stereocenters. The molecule has 0 aliphatic heterocycles. The van der Waals surface area contributed by atoms with E-state index >= 15 is 0 Å². The molecule has 0 spiro atoms. The molecule has 0 saturated heterocycles. The fourth-order valence-electron chi connectivity index (χ4n) is 3.82. The maximum atomic E-state index is 12.7. The normalized spacial score (nSPS) is 12.2. The highest BCUT2D eigenvalue weighted by molar-refractivity contribution is 5.88. The largest absolute Gasteiger partial charge is 0.385 e. The zero-order chi connectivity index (χ0) is 19.9. The number of aryl methyl sites for hydroxylation is 2. The van der Waals surface area contributed by atoms with Crippen molar-refractivity contribution in [3.63, 3.8) is 0 Å². The number of benzene rings is 2. The minimum Gasteiger partial charge on any atom is -0.385 e. The molecule has 1 aromatic heterocycles. The van der Waals surface area contributed by atoms with E-state index in [1.165, 1.54) is 33.2 Å². The standard InChI is InChI=1S/C24H30N2O2/c1-4-18-9-6-11-20-22(16-26-24(18)20)21(19-10-5-8-17(2)14-19)15-23(27)25-12-7-13-28-3/h5-6,8-11,14,16,21,26H,4,7,12-13,15H2,1-3H3,(H,25,27). The van der Waals surface area contributed by atoms with E-state index in [-0.39, 0.29) is 11.8 Å². The number of H-pyrrole nitrogens is 1. The second-order valence-corrected chi connectivity index (χ2v) is 7.30. The molecule has 0 saturated carbocycles. The smallest absolute Gasteiger partial charge is 0.220 e. The lowest BCUT2D eigenvalue weighted by atomic mass is 9.87. The molecule has 1 amide bonds. The van der Waals surface area contributed by atoms with Crippen LogP contribution in [-0.4, -0.2) is 31.2 Å². The van der Waals surface area contributed by atoms with Gasteiger partial charge >= 0.3 is 0 Å². The molecule has 1 atom stereocenters. The second-order valence-electron chi connectivity index (χ2n) is 7.30. The van der Waals surface area contributed by atoms with E-state index in [9.17, 15) is 4.79 Å². The van der Waals surface area contributed by atoms with E-state index in [0.717, 1.165) is 12.8 Å². The molecule has 0 fully saturated rings. The topological polar surface area (TPSA) is 54.1 Å². The van der Waals surface area contributed by atoms with Crippen LogP contribution in [0.3, 0.4) is 0 Å². The molecule has 1 heterocycles. The van der Waals surface area contributed by atoms with Crippen molar-refractivity contribution in [1.29, 1.82) is 0 Å². The lowest BCUT2D eigenvalue weighted by Gasteiger charge is -2.18. The number of nitrogens with one attached hydrogen (secondary N) is 2. The number of para-hydroxylation sites is 1. The Kier molecular flexibility index (Phi) is 6.88. The van der Waals surface area contributed by atoms with Gasteiger partial charge in [-0.1, -0.05) is 55.0 Å². The zero-order valence-corrected chi connectivity index (χ0v) is 17.0. The van der Waals surface area contributed by atoms with Gasteiger partial charge in [0.05, 0.1) is 0 Å². The van der Waals surface area contributed by atoms with Gasteiger partial charge in [-0.05, 0) is 36.5 Å². The molecule has 2 N–H and O–H groups in total. The van der Waals surface area contributed by atoms with Gasteiger partial charge in [-0.15, -0.1) is 0 Å². The molecule has 2 aromatic carbocycles. The van der Waals surface area contributed by atoms with Gasteiger partial charge in [-0.2, -0.15) is 0 Å². The summed E-state index contributed by atoms with van der Waals surface area (Å²) in [7, 11) is 1.68. The minimum atomic E-state index is 0.0168. The van der Waals surface area contributed by atoms with Crippen molar-refractivity contribution in [1.82, 2.24) is 10.3 Å². The number of amides is 1. The maximum absolute atomic E-state index is 12.7. The summed E-state index contributed by atoms with van der Waals surface area (Å²) in [5.41, 5.74) is 6.05. The highest BCUT2D eigenvalue weighted by Crippen LogP contribution is 2.34. The Morgan fingerprint density at radius 3 is 2.79 bits per heavy atom. The van der Waals surface area contributed by atoms with Crippen molar-refractivity contribution in [2.45, 2.75) is 39.0 Å². The number of carbonyl (C=O) groups is 1. The van der Waals surface area contributed by atoms with E-state index in [4.69, 9.17) is 4.74 Å². The number of methoxy groups -OCH3 is 1. The molecule has 3 aromatic rings. The summed E-state index contributed by atoms with van der Waals surface area (Å²) in [6.07, 6.45) is 4.31. The van der Waals surface area contributed by atoms with E-state index < -0.39 is 0 Å². The van der Waals surface area contributed by atoms with Gasteiger partial charge in [-0.25, -0.2) is 0 Å². The average molecular weight is 379 g/mol. The number of rotatable bonds is 9. The molecule has 4 heteroatoms. The van der Waals surface area contributed by atoms with Crippen LogP contribution in [0.15, 0.2) is 48.7 Å². The SMILES string of the molecule is CCc1cccc2c(C(CC(=O)NCCCOC)c3cccc(C)c3)c[nH]c12. The third kappa shape index (κ3) is 4.63. The van der Waals surface area contributed by atoms with Crippen molar-refractivity contribution in [3.05, 3.63) is 70.9 Å². The number of carbonyl (C=O) groups excluding carboxylic acids is 1. The highest BCUT2D eigenvalue weighted by atomic mass is 16.5. The molecule has 0 bridgehead atoms. The third-order valence-electron chi connectivity index (χ3n) is 5.27. The van der Waals surface area contributed by atoms with Crippen LogP contribution in [-0.2, 0) is 16.0 Å². The van der Waals surface area contributed by atoms with Gasteiger partial charge in [0.1, 0.15) is 0 Å². The summed E-state index contributed by atoms with van der Waals surface area (Å²) in [6.45, 7) is 5.56. The molecule has 3 rings (SSSR count). The van der Waals surface area contributed by atoms with Gasteiger partial charge in [0.2, 0.25) is 5.91 Å². The van der Waals surface area contributed by atoms with Crippen molar-refractivity contribution in [3.8, 4) is 0 Å². The first-order valence-corrected chi connectivity index (χ1v) is 10.0. The Morgan fingerprint density at radius 1 is 1.21 bits per heavy atom. The number of hydrogen-bond donors (Lipinski definition) is 2. The van der Waals surface area contributed by atoms with Crippen LogP contribution in [0.5, 0.6) is 0 Å². The van der Waals surface area contributed by atoms with E-state index in [0.29, 0.717) is 19.6 Å². The summed E-state index contributed by atoms with van der Waals surface area (Å²) in [5.74, 6) is 0.0896. The summed E-state index contributed by atoms with van der Waals surface area (Å²) in [5, 5.41) is 4.24. The summed E-state index contributed by atoms with van der Waals surface area (Å²) in [6, 6.07) is 14.9. The quantitative estimate of drug-likeness (QED) is 0.530. The highest BCUT2D eigenvalue weighted by Gasteiger charge is 2.22. The lowest BCUT2D eigenvalue weighted by Crippen LogP contribution is -2.27. The Bertz CT molecular complexity index is 929. The van der Waals surface area contributed by atoms with Gasteiger partial charge in [0, 0.05) is 49.7 Å². The van der Waals surface area contributed by atoms with Crippen LogP contribution in [0.2, 0.25) is 0 Å². The minimum absolute atomic E-state index is 0.0168. The molecule has 0 radical (unpaired) electrons. The number of fused-ring (bicyclic) bond motifs is 1. The van der Waals surface area contributed by atoms with E-state index in [1.54, 1.807) is 7.11 Å². The predicted octanol–water partition coefficient (Wildman–Crippen LogP) is 4.71. The van der Waals surface area contributed by atoms with Crippen LogP contribution in [0, 0.1) is 6.92 Å². The summed E-state index contributed by atoms with van der Waals surface area (Å²) < 4.78 is 5.06. The Morgan fingerprint density at radius 2 is 2.04 bits per heavy atom. The van der Waals surface area contributed by atoms with Crippen LogP contribution in [0.25, 0.3) is 10.9 Å². The maximum Gasteiger partial charge on any atom is 0.220 e. The Balaban J connectivity index is 1.92. The molecular formula is C24H30N2O2. The summed E-state index contributed by atoms with van der Waals surface area (Å²) in [4.78, 5) is 16.1. The molecule has 148 valence electrons. The molecular weight excluding hydrogens is 348 g/mol. The van der Waals surface area contributed by atoms with Crippen LogP contribution >= 0.6 is 0 Å². The summed E-state index contributed by atoms with van der Waals surface area (Å²) >= 11 is 0. The van der Waals surface area contributed by atoms with Gasteiger partial charge < -0.3 is 15.0 Å². The molecule has 0 aliphatic carbocycles. The van der Waals surface area contributed by atoms with E-state index in [2.05, 4.69) is 72.8 Å². The fourth-order valence-corrected chi connectivity index (χ4v) is 3.82. The third-order valence-corrected chi connectivity index (χ3v) is 5.27. The van der Waals surface area contributed by atoms with Gasteiger partial charge in [0.25, 0.3) is 0 Å². The molecule has 28 heavy (non-hydrogen) atoms. The monoisotopic (exact) mass is 378 g/mol. The van der Waals surface area contributed by atoms with Crippen molar-refractivity contribution in [2.24, 2.45) is 0 Å². The Hall–Kier alpha value is -2.59. The van der Waals surface area contributed by atoms with Crippen molar-refractivity contribution in [2.75, 3.05) is 20.3 Å². The average Bonchev–Trinajstić information content (AvgIpc) is 3.13. The van der Waals surface area contributed by atoms with Crippen LogP contribution in [0.4, 0.5) is 0 Å². The molecule has 4 nitrogen and oxygen atoms in total. The predicted molar refractivity (Wildman–Crippen MR) is 115 cm³/mol. The van der Waals surface area contributed by atoms with Gasteiger partial charge in [-0.3, -0.25) is 4.79 Å². The first kappa shape index (κ1) is 20.2. The van der Waals surface area contributed by atoms with Crippen molar-refractivity contribution < 1.29 is 9.53 Å². The van der Waals surface area contributed by atoms with Gasteiger partial charge in [0.15, 0.2) is 0 Å². The second kappa shape index (κ2) is 9.56. The van der Waals surface area contributed by atoms with Crippen LogP contribution < -0.4 is 5.32 Å².